The number of H-pyrrole nitrogens is 1. The van der Waals surface area contributed by atoms with Gasteiger partial charge in [0.15, 0.2) is 0 Å². The summed E-state index contributed by atoms with van der Waals surface area (Å²) in [6.45, 7) is 2.29. The van der Waals surface area contributed by atoms with Crippen LogP contribution in [0.2, 0.25) is 0 Å². The van der Waals surface area contributed by atoms with Gasteiger partial charge in [0.1, 0.15) is 4.83 Å². The van der Waals surface area contributed by atoms with Crippen LogP contribution in [-0.4, -0.2) is 32.2 Å². The summed E-state index contributed by atoms with van der Waals surface area (Å²) in [5.74, 6) is -0.177. The van der Waals surface area contributed by atoms with Crippen LogP contribution in [0.15, 0.2) is 23.5 Å². The van der Waals surface area contributed by atoms with Crippen molar-refractivity contribution in [2.24, 2.45) is 7.05 Å². The average molecular weight is 317 g/mol. The van der Waals surface area contributed by atoms with Gasteiger partial charge in [-0.25, -0.2) is 4.98 Å². The van der Waals surface area contributed by atoms with Gasteiger partial charge < -0.3 is 10.3 Å². The van der Waals surface area contributed by atoms with Gasteiger partial charge >= 0.3 is 0 Å². The molecule has 0 atom stereocenters. The predicted octanol–water partition coefficient (Wildman–Crippen LogP) is 0.999. The molecule has 22 heavy (non-hydrogen) atoms. The second-order valence-electron chi connectivity index (χ2n) is 5.00. The van der Waals surface area contributed by atoms with Crippen molar-refractivity contribution in [3.05, 3.63) is 45.1 Å². The van der Waals surface area contributed by atoms with E-state index in [1.54, 1.807) is 17.8 Å². The van der Waals surface area contributed by atoms with Crippen LogP contribution in [0.3, 0.4) is 0 Å². The van der Waals surface area contributed by atoms with E-state index in [9.17, 15) is 9.59 Å². The lowest BCUT2D eigenvalue weighted by Gasteiger charge is -2.03. The molecule has 0 aliphatic heterocycles. The van der Waals surface area contributed by atoms with E-state index in [-0.39, 0.29) is 11.5 Å². The molecule has 1 amide bonds. The first kappa shape index (κ1) is 14.5. The fraction of sp³-hybridized carbons (Fsp3) is 0.286. The summed E-state index contributed by atoms with van der Waals surface area (Å²) >= 11 is 1.24. The average Bonchev–Trinajstić information content (AvgIpc) is 3.04. The van der Waals surface area contributed by atoms with E-state index in [1.165, 1.54) is 17.7 Å². The molecule has 0 bridgehead atoms. The second kappa shape index (κ2) is 5.72. The number of aromatic nitrogens is 4. The summed E-state index contributed by atoms with van der Waals surface area (Å²) in [5, 5.41) is 7.45. The Morgan fingerprint density at radius 1 is 1.50 bits per heavy atom. The SMILES string of the molecule is Cc1c(C(=O)NCCc2cnn(C)c2)sc2nc[nH]c(=O)c12. The van der Waals surface area contributed by atoms with Gasteiger partial charge in [-0.2, -0.15) is 5.10 Å². The van der Waals surface area contributed by atoms with Crippen molar-refractivity contribution in [3.8, 4) is 0 Å². The van der Waals surface area contributed by atoms with Gasteiger partial charge in [0.05, 0.1) is 22.8 Å². The predicted molar refractivity (Wildman–Crippen MR) is 84.2 cm³/mol. The Kier molecular flexibility index (Phi) is 3.76. The highest BCUT2D eigenvalue weighted by atomic mass is 32.1. The van der Waals surface area contributed by atoms with Crippen LogP contribution in [0, 0.1) is 6.92 Å². The highest BCUT2D eigenvalue weighted by Gasteiger charge is 2.17. The zero-order valence-electron chi connectivity index (χ0n) is 12.2. The number of aromatic amines is 1. The van der Waals surface area contributed by atoms with Crippen LogP contribution in [0.5, 0.6) is 0 Å². The van der Waals surface area contributed by atoms with Gasteiger partial charge in [-0.3, -0.25) is 14.3 Å². The molecular formula is C14H15N5O2S. The summed E-state index contributed by atoms with van der Waals surface area (Å²) in [5.41, 5.74) is 1.52. The minimum Gasteiger partial charge on any atom is -0.351 e. The largest absolute Gasteiger partial charge is 0.351 e. The zero-order chi connectivity index (χ0) is 15.7. The topological polar surface area (TPSA) is 92.7 Å². The van der Waals surface area contributed by atoms with E-state index in [2.05, 4.69) is 20.4 Å². The monoisotopic (exact) mass is 317 g/mol. The smallest absolute Gasteiger partial charge is 0.261 e. The minimum absolute atomic E-state index is 0.177. The maximum Gasteiger partial charge on any atom is 0.261 e. The molecule has 0 radical (unpaired) electrons. The minimum atomic E-state index is -0.215. The van der Waals surface area contributed by atoms with Crippen LogP contribution < -0.4 is 10.9 Å². The summed E-state index contributed by atoms with van der Waals surface area (Å²) in [7, 11) is 1.85. The van der Waals surface area contributed by atoms with E-state index < -0.39 is 0 Å². The second-order valence-corrected chi connectivity index (χ2v) is 6.00. The van der Waals surface area contributed by atoms with Gasteiger partial charge in [-0.05, 0) is 24.5 Å². The first-order chi connectivity index (χ1) is 10.6. The Bertz CT molecular complexity index is 892. The van der Waals surface area contributed by atoms with Crippen LogP contribution in [-0.2, 0) is 13.5 Å². The maximum absolute atomic E-state index is 12.3. The number of nitrogens with zero attached hydrogens (tertiary/aromatic N) is 3. The highest BCUT2D eigenvalue weighted by molar-refractivity contribution is 7.20. The van der Waals surface area contributed by atoms with Gasteiger partial charge in [0, 0.05) is 19.8 Å². The van der Waals surface area contributed by atoms with E-state index in [1.807, 2.05) is 13.2 Å². The molecule has 3 aromatic rings. The molecule has 0 spiro atoms. The Morgan fingerprint density at radius 3 is 3.00 bits per heavy atom. The Morgan fingerprint density at radius 2 is 2.32 bits per heavy atom. The molecule has 0 saturated carbocycles. The quantitative estimate of drug-likeness (QED) is 0.751. The van der Waals surface area contributed by atoms with Crippen molar-refractivity contribution in [2.45, 2.75) is 13.3 Å². The number of fused-ring (bicyclic) bond motifs is 1. The molecule has 0 aliphatic carbocycles. The molecule has 2 N–H and O–H groups in total. The van der Waals surface area contributed by atoms with E-state index in [0.29, 0.717) is 33.6 Å². The number of amides is 1. The van der Waals surface area contributed by atoms with Crippen LogP contribution in [0.25, 0.3) is 10.2 Å². The lowest BCUT2D eigenvalue weighted by Crippen LogP contribution is -2.25. The molecular weight excluding hydrogens is 302 g/mol. The molecule has 3 rings (SSSR count). The number of carbonyl (C=O) groups is 1. The molecule has 0 aliphatic rings. The summed E-state index contributed by atoms with van der Waals surface area (Å²) in [6, 6.07) is 0. The fourth-order valence-corrected chi connectivity index (χ4v) is 3.36. The number of carbonyl (C=O) groups excluding carboxylic acids is 1. The zero-order valence-corrected chi connectivity index (χ0v) is 13.0. The van der Waals surface area contributed by atoms with Gasteiger partial charge in [0.2, 0.25) is 0 Å². The number of rotatable bonds is 4. The van der Waals surface area contributed by atoms with E-state index in [4.69, 9.17) is 0 Å². The van der Waals surface area contributed by atoms with Crippen LogP contribution in [0.1, 0.15) is 20.8 Å². The van der Waals surface area contributed by atoms with Gasteiger partial charge in [-0.15, -0.1) is 11.3 Å². The van der Waals surface area contributed by atoms with Gasteiger partial charge in [0.25, 0.3) is 11.5 Å². The molecule has 3 heterocycles. The maximum atomic E-state index is 12.3. The van der Waals surface area contributed by atoms with Crippen LogP contribution >= 0.6 is 11.3 Å². The van der Waals surface area contributed by atoms with E-state index in [0.717, 1.165) is 5.56 Å². The summed E-state index contributed by atoms with van der Waals surface area (Å²) < 4.78 is 1.73. The Balaban J connectivity index is 1.74. The first-order valence-corrected chi connectivity index (χ1v) is 7.60. The number of hydrogen-bond donors (Lipinski definition) is 2. The lowest BCUT2D eigenvalue weighted by molar-refractivity contribution is 0.0957. The van der Waals surface area contributed by atoms with Crippen LogP contribution in [0.4, 0.5) is 0 Å². The highest BCUT2D eigenvalue weighted by Crippen LogP contribution is 2.26. The van der Waals surface area contributed by atoms with Crippen molar-refractivity contribution in [2.75, 3.05) is 6.54 Å². The third kappa shape index (κ3) is 2.64. The number of nitrogens with one attached hydrogen (secondary N) is 2. The molecule has 114 valence electrons. The van der Waals surface area contributed by atoms with Crippen molar-refractivity contribution in [1.82, 2.24) is 25.1 Å². The van der Waals surface area contributed by atoms with E-state index >= 15 is 0 Å². The molecule has 3 aromatic heterocycles. The Hall–Kier alpha value is -2.48. The Labute approximate surface area is 130 Å². The number of hydrogen-bond acceptors (Lipinski definition) is 5. The molecule has 0 aromatic carbocycles. The lowest BCUT2D eigenvalue weighted by atomic mass is 10.2. The number of aryl methyl sites for hydroxylation is 2. The van der Waals surface area contributed by atoms with Crippen molar-refractivity contribution < 1.29 is 4.79 Å². The van der Waals surface area contributed by atoms with Crippen molar-refractivity contribution in [3.63, 3.8) is 0 Å². The van der Waals surface area contributed by atoms with Crippen molar-refractivity contribution >= 4 is 27.5 Å². The standard InChI is InChI=1S/C14H15N5O2S/c1-8-10-12(20)16-7-17-14(10)22-11(8)13(21)15-4-3-9-5-18-19(2)6-9/h5-7H,3-4H2,1-2H3,(H,15,21)(H,16,17,20). The normalized spacial score (nSPS) is 11.0. The summed E-state index contributed by atoms with van der Waals surface area (Å²) in [4.78, 5) is 31.8. The third-order valence-electron chi connectivity index (χ3n) is 3.40. The van der Waals surface area contributed by atoms with Gasteiger partial charge in [-0.1, -0.05) is 0 Å². The first-order valence-electron chi connectivity index (χ1n) is 6.79. The summed E-state index contributed by atoms with van der Waals surface area (Å²) in [6.07, 6.45) is 5.76. The fourth-order valence-electron chi connectivity index (χ4n) is 2.30. The molecule has 0 fully saturated rings. The molecule has 0 saturated heterocycles. The number of thiophene rings is 1. The third-order valence-corrected chi connectivity index (χ3v) is 4.60. The molecule has 8 heteroatoms. The van der Waals surface area contributed by atoms with Crippen molar-refractivity contribution in [1.29, 1.82) is 0 Å². The molecule has 7 nitrogen and oxygen atoms in total. The molecule has 0 unspecified atom stereocenters.